The average molecular weight is 427 g/mol. The van der Waals surface area contributed by atoms with Crippen molar-refractivity contribution in [3.63, 3.8) is 0 Å². The largest absolute Gasteiger partial charge is 0.354 e. The number of thioether (sulfide) groups is 1. The second-order valence-corrected chi connectivity index (χ2v) is 8.50. The minimum absolute atomic E-state index is 0.0338. The molecule has 2 rings (SSSR count). The van der Waals surface area contributed by atoms with Gasteiger partial charge in [-0.1, -0.05) is 28.1 Å². The summed E-state index contributed by atoms with van der Waals surface area (Å²) in [6.45, 7) is 0.829. The molecule has 0 saturated heterocycles. The Kier molecular flexibility index (Phi) is 8.09. The lowest BCUT2D eigenvalue weighted by molar-refractivity contribution is -0.127. The second-order valence-electron chi connectivity index (χ2n) is 6.45. The van der Waals surface area contributed by atoms with Crippen molar-refractivity contribution in [2.45, 2.75) is 37.1 Å². The van der Waals surface area contributed by atoms with Crippen LogP contribution in [0.3, 0.4) is 0 Å². The first-order valence-corrected chi connectivity index (χ1v) is 10.6. The summed E-state index contributed by atoms with van der Waals surface area (Å²) in [6, 6.07) is 8.55. The number of nitrogens with zero attached hydrogens (tertiary/aromatic N) is 2. The Morgan fingerprint density at radius 1 is 1.32 bits per heavy atom. The summed E-state index contributed by atoms with van der Waals surface area (Å²) in [5.74, 6) is 0.747. The van der Waals surface area contributed by atoms with Gasteiger partial charge in [-0.2, -0.15) is 11.8 Å². The Balaban J connectivity index is 1.98. The fourth-order valence-corrected chi connectivity index (χ4v) is 3.77. The van der Waals surface area contributed by atoms with Crippen LogP contribution in [0.1, 0.15) is 24.8 Å². The van der Waals surface area contributed by atoms with Crippen molar-refractivity contribution in [3.05, 3.63) is 34.3 Å². The van der Waals surface area contributed by atoms with Gasteiger partial charge < -0.3 is 15.5 Å². The summed E-state index contributed by atoms with van der Waals surface area (Å²) < 4.78 is 1.06. The number of carbonyl (C=O) groups excluding carboxylic acids is 1. The lowest BCUT2D eigenvalue weighted by Gasteiger charge is -2.19. The molecule has 0 aliphatic heterocycles. The molecule has 0 spiro atoms. The molecule has 0 aromatic heterocycles. The molecule has 138 valence electrons. The SMILES string of the molecule is CSC1CCC(NC(=NCc2ccc(Br)cc2)NCC(=O)N(C)C)C1. The number of hydrogen-bond donors (Lipinski definition) is 2. The van der Waals surface area contributed by atoms with Crippen LogP contribution in [0.2, 0.25) is 0 Å². The van der Waals surface area contributed by atoms with E-state index in [2.05, 4.69) is 49.9 Å². The van der Waals surface area contributed by atoms with Crippen molar-refractivity contribution in [1.29, 1.82) is 0 Å². The van der Waals surface area contributed by atoms with Gasteiger partial charge in [0.05, 0.1) is 13.1 Å². The van der Waals surface area contributed by atoms with Gasteiger partial charge in [0.15, 0.2) is 5.96 Å². The standard InChI is InChI=1S/C18H27BrN4OS/c1-23(2)17(24)12-21-18(22-15-8-9-16(10-15)25-3)20-11-13-4-6-14(19)7-5-13/h4-7,15-16H,8-12H2,1-3H3,(H2,20,21,22). The summed E-state index contributed by atoms with van der Waals surface area (Å²) in [5, 5.41) is 7.39. The Bertz CT molecular complexity index is 591. The molecule has 0 radical (unpaired) electrons. The number of likely N-dealkylation sites (N-methyl/N-ethyl adjacent to an activating group) is 1. The number of hydrogen-bond acceptors (Lipinski definition) is 3. The molecule has 1 aliphatic rings. The number of nitrogens with one attached hydrogen (secondary N) is 2. The maximum atomic E-state index is 11.9. The molecule has 0 heterocycles. The van der Waals surface area contributed by atoms with Gasteiger partial charge in [0.1, 0.15) is 0 Å². The Morgan fingerprint density at radius 3 is 2.64 bits per heavy atom. The number of halogens is 1. The normalized spacial score (nSPS) is 20.4. The lowest BCUT2D eigenvalue weighted by Crippen LogP contribution is -2.46. The van der Waals surface area contributed by atoms with E-state index in [1.54, 1.807) is 19.0 Å². The van der Waals surface area contributed by atoms with Crippen molar-refractivity contribution in [2.75, 3.05) is 26.9 Å². The molecule has 1 aromatic rings. The van der Waals surface area contributed by atoms with Gasteiger partial charge in [0.2, 0.25) is 5.91 Å². The molecule has 2 N–H and O–H groups in total. The van der Waals surface area contributed by atoms with Gasteiger partial charge >= 0.3 is 0 Å². The van der Waals surface area contributed by atoms with Gasteiger partial charge in [0, 0.05) is 29.9 Å². The van der Waals surface area contributed by atoms with E-state index in [9.17, 15) is 4.79 Å². The summed E-state index contributed by atoms with van der Waals surface area (Å²) in [4.78, 5) is 18.1. The molecule has 1 amide bonds. The molecule has 1 aliphatic carbocycles. The Morgan fingerprint density at radius 2 is 2.04 bits per heavy atom. The van der Waals surface area contributed by atoms with E-state index < -0.39 is 0 Å². The van der Waals surface area contributed by atoms with Crippen LogP contribution in [0.15, 0.2) is 33.7 Å². The molecule has 0 bridgehead atoms. The topological polar surface area (TPSA) is 56.7 Å². The van der Waals surface area contributed by atoms with Gasteiger partial charge in [-0.3, -0.25) is 4.79 Å². The lowest BCUT2D eigenvalue weighted by atomic mass is 10.2. The number of benzene rings is 1. The Labute approximate surface area is 163 Å². The second kappa shape index (κ2) is 10.1. The molecular weight excluding hydrogens is 400 g/mol. The van der Waals surface area contributed by atoms with E-state index in [1.165, 1.54) is 6.42 Å². The fourth-order valence-electron chi connectivity index (χ4n) is 2.71. The number of rotatable bonds is 6. The minimum Gasteiger partial charge on any atom is -0.354 e. The van der Waals surface area contributed by atoms with Crippen LogP contribution in [-0.2, 0) is 11.3 Å². The van der Waals surface area contributed by atoms with Crippen LogP contribution < -0.4 is 10.6 Å². The first-order chi connectivity index (χ1) is 12.0. The van der Waals surface area contributed by atoms with Gasteiger partial charge in [-0.25, -0.2) is 4.99 Å². The van der Waals surface area contributed by atoms with Gasteiger partial charge in [-0.05, 0) is 43.2 Å². The van der Waals surface area contributed by atoms with E-state index in [4.69, 9.17) is 0 Å². The zero-order chi connectivity index (χ0) is 18.2. The number of guanidine groups is 1. The number of aliphatic imine (C=N–C) groups is 1. The summed E-state index contributed by atoms with van der Waals surface area (Å²) in [5.41, 5.74) is 1.14. The molecule has 2 atom stereocenters. The van der Waals surface area contributed by atoms with E-state index in [1.807, 2.05) is 23.9 Å². The van der Waals surface area contributed by atoms with Crippen LogP contribution in [0.25, 0.3) is 0 Å². The quantitative estimate of drug-likeness (QED) is 0.542. The molecular formula is C18H27BrN4OS. The molecule has 5 nitrogen and oxygen atoms in total. The smallest absolute Gasteiger partial charge is 0.241 e. The highest BCUT2D eigenvalue weighted by molar-refractivity contribution is 9.10. The third kappa shape index (κ3) is 6.90. The monoisotopic (exact) mass is 426 g/mol. The molecule has 25 heavy (non-hydrogen) atoms. The summed E-state index contributed by atoms with van der Waals surface area (Å²) >= 11 is 5.38. The molecule has 1 saturated carbocycles. The third-order valence-electron chi connectivity index (χ3n) is 4.30. The third-order valence-corrected chi connectivity index (χ3v) is 5.92. The van der Waals surface area contributed by atoms with Gasteiger partial charge in [0.25, 0.3) is 0 Å². The van der Waals surface area contributed by atoms with Crippen LogP contribution in [-0.4, -0.2) is 55.0 Å². The number of carbonyl (C=O) groups is 1. The van der Waals surface area contributed by atoms with E-state index in [0.29, 0.717) is 23.8 Å². The maximum absolute atomic E-state index is 11.9. The van der Waals surface area contributed by atoms with Crippen molar-refractivity contribution in [3.8, 4) is 0 Å². The highest BCUT2D eigenvalue weighted by Crippen LogP contribution is 2.28. The minimum atomic E-state index is 0.0338. The predicted octanol–water partition coefficient (Wildman–Crippen LogP) is 2.86. The van der Waals surface area contributed by atoms with E-state index in [-0.39, 0.29) is 12.5 Å². The molecule has 1 aromatic carbocycles. The number of amides is 1. The predicted molar refractivity (Wildman–Crippen MR) is 110 cm³/mol. The van der Waals surface area contributed by atoms with Crippen LogP contribution in [0.4, 0.5) is 0 Å². The molecule has 7 heteroatoms. The van der Waals surface area contributed by atoms with Crippen molar-refractivity contribution in [2.24, 2.45) is 4.99 Å². The van der Waals surface area contributed by atoms with Crippen molar-refractivity contribution >= 4 is 39.6 Å². The summed E-state index contributed by atoms with van der Waals surface area (Å²) in [6.07, 6.45) is 5.69. The molecule has 1 fully saturated rings. The highest BCUT2D eigenvalue weighted by atomic mass is 79.9. The summed E-state index contributed by atoms with van der Waals surface area (Å²) in [7, 11) is 3.52. The van der Waals surface area contributed by atoms with Crippen LogP contribution in [0.5, 0.6) is 0 Å². The zero-order valence-electron chi connectivity index (χ0n) is 15.1. The first-order valence-electron chi connectivity index (χ1n) is 8.50. The average Bonchev–Trinajstić information content (AvgIpc) is 3.06. The first kappa shape index (κ1) is 20.1. The van der Waals surface area contributed by atoms with Crippen LogP contribution >= 0.6 is 27.7 Å². The van der Waals surface area contributed by atoms with E-state index in [0.717, 1.165) is 22.9 Å². The maximum Gasteiger partial charge on any atom is 0.241 e. The fraction of sp³-hybridized carbons (Fsp3) is 0.556. The van der Waals surface area contributed by atoms with Crippen molar-refractivity contribution in [1.82, 2.24) is 15.5 Å². The van der Waals surface area contributed by atoms with Crippen LogP contribution in [0, 0.1) is 0 Å². The van der Waals surface area contributed by atoms with Crippen molar-refractivity contribution < 1.29 is 4.79 Å². The highest BCUT2D eigenvalue weighted by Gasteiger charge is 2.24. The van der Waals surface area contributed by atoms with Gasteiger partial charge in [-0.15, -0.1) is 0 Å². The zero-order valence-corrected chi connectivity index (χ0v) is 17.5. The van der Waals surface area contributed by atoms with E-state index >= 15 is 0 Å². The Hall–Kier alpha value is -1.21. The molecule has 2 unspecified atom stereocenters.